The number of hydrogen-bond acceptors (Lipinski definition) is 4. The lowest BCUT2D eigenvalue weighted by Crippen LogP contribution is -2.44. The molecule has 5 heteroatoms. The van der Waals surface area contributed by atoms with Gasteiger partial charge in [-0.05, 0) is 53.2 Å². The highest BCUT2D eigenvalue weighted by atomic mass is 19.1. The first kappa shape index (κ1) is 40.2. The fourth-order valence-corrected chi connectivity index (χ4v) is 10.2. The highest BCUT2D eigenvalue weighted by Gasteiger charge is 2.53. The topological polar surface area (TPSA) is 58.9 Å². The summed E-state index contributed by atoms with van der Waals surface area (Å²) in [6.45, 7) is 21.9. The molecule has 2 aromatic carbocycles. The summed E-state index contributed by atoms with van der Waals surface area (Å²) in [5, 5.41) is 0. The smallest absolute Gasteiger partial charge is 0.160 e. The number of rotatable bonds is 4. The molecule has 2 aromatic rings. The van der Waals surface area contributed by atoms with Crippen molar-refractivity contribution in [3.8, 4) is 0 Å². The van der Waals surface area contributed by atoms with Crippen molar-refractivity contribution in [1.29, 1.82) is 0 Å². The second-order valence-corrected chi connectivity index (χ2v) is 16.4. The van der Waals surface area contributed by atoms with Crippen LogP contribution in [0.15, 0.2) is 116 Å². The summed E-state index contributed by atoms with van der Waals surface area (Å²) in [5.41, 5.74) is 9.79. The Morgan fingerprint density at radius 1 is 0.604 bits per heavy atom. The second-order valence-electron chi connectivity index (χ2n) is 16.4. The maximum absolute atomic E-state index is 14.9. The van der Waals surface area contributed by atoms with Gasteiger partial charge in [-0.3, -0.25) is 19.6 Å². The van der Waals surface area contributed by atoms with Gasteiger partial charge in [0.1, 0.15) is 5.83 Å². The molecule has 4 nitrogen and oxygen atoms in total. The van der Waals surface area contributed by atoms with E-state index in [2.05, 4.69) is 82.9 Å². The van der Waals surface area contributed by atoms with E-state index < -0.39 is 5.41 Å². The number of benzene rings is 2. The molecule has 0 radical (unpaired) electrons. The molecule has 0 aromatic heterocycles. The average molecular weight is 717 g/mol. The van der Waals surface area contributed by atoms with E-state index in [9.17, 15) is 14.0 Å². The lowest BCUT2D eigenvalue weighted by atomic mass is 9.55. The monoisotopic (exact) mass is 716 g/mol. The van der Waals surface area contributed by atoms with E-state index in [1.165, 1.54) is 28.0 Å². The van der Waals surface area contributed by atoms with Gasteiger partial charge in [-0.1, -0.05) is 147 Å². The van der Waals surface area contributed by atoms with E-state index >= 15 is 0 Å². The van der Waals surface area contributed by atoms with Gasteiger partial charge in [0.15, 0.2) is 11.6 Å². The highest BCUT2D eigenvalue weighted by molar-refractivity contribution is 6.15. The average Bonchev–Trinajstić information content (AvgIpc) is 3.78. The van der Waals surface area contributed by atoms with Crippen LogP contribution in [0.1, 0.15) is 132 Å². The van der Waals surface area contributed by atoms with Crippen molar-refractivity contribution >= 4 is 23.0 Å². The fraction of sp³-hybridized carbons (Fsp3) is 0.500. The number of halogens is 1. The number of carbonyl (C=O) groups excluding carboxylic acids is 2. The summed E-state index contributed by atoms with van der Waals surface area (Å²) < 4.78 is 14.9. The largest absolute Gasteiger partial charge is 0.294 e. The van der Waals surface area contributed by atoms with Crippen molar-refractivity contribution in [3.63, 3.8) is 0 Å². The first-order valence-corrected chi connectivity index (χ1v) is 20.2. The number of hydrogen-bond donors (Lipinski definition) is 0. The molecule has 8 rings (SSSR count). The highest BCUT2D eigenvalue weighted by Crippen LogP contribution is 2.57. The van der Waals surface area contributed by atoms with Gasteiger partial charge >= 0.3 is 0 Å². The lowest BCUT2D eigenvalue weighted by Gasteiger charge is -2.46. The maximum Gasteiger partial charge on any atom is 0.160 e. The van der Waals surface area contributed by atoms with Gasteiger partial charge in [0, 0.05) is 59.2 Å². The second kappa shape index (κ2) is 15.8. The van der Waals surface area contributed by atoms with Crippen molar-refractivity contribution in [2.24, 2.45) is 20.8 Å². The third-order valence-electron chi connectivity index (χ3n) is 11.9. The standard InChI is InChI=1S/C22H24FNO.C22H25NO.2C2H6/c1-4-22(15-8-6-5-7-9-15)19-14(11-21(2,3)12-18(19)25)10-17-20(22)16(23)13-24-17;1-4-22(16-8-6-5-7-9-16)17-10-11-23-18(17)12-15-13-21(2,3)14-19(24)20(15)22;2*1-2/h5-9H,4,10-13H2,1-3H3;5-10H,4,11-14H2,1-3H3;2*1-2H3/t2*22-;;/m10../s1. The quantitative estimate of drug-likeness (QED) is 0.316. The normalized spacial score (nSPS) is 26.2. The summed E-state index contributed by atoms with van der Waals surface area (Å²) in [4.78, 5) is 35.8. The number of ketones is 2. The molecule has 0 saturated carbocycles. The zero-order valence-corrected chi connectivity index (χ0v) is 34.0. The van der Waals surface area contributed by atoms with Crippen LogP contribution in [0.25, 0.3) is 0 Å². The number of fused-ring (bicyclic) bond motifs is 2. The Morgan fingerprint density at radius 2 is 1.06 bits per heavy atom. The van der Waals surface area contributed by atoms with Gasteiger partial charge in [-0.25, -0.2) is 4.39 Å². The van der Waals surface area contributed by atoms with Crippen molar-refractivity contribution in [1.82, 2.24) is 0 Å². The Bertz CT molecular complexity index is 1920. The van der Waals surface area contributed by atoms with Gasteiger partial charge in [-0.2, -0.15) is 0 Å². The first-order valence-electron chi connectivity index (χ1n) is 20.2. The number of carbonyl (C=O) groups is 2. The SMILES string of the molecule is CC.CC.CC[C@]1(c2ccccc2)C2=C(F)CN=C2CC2=C1C(=O)CC(C)(C)C2.CC[C@]1(c2ccccc2)C2=CCN=C2CC2=C1C(=O)CC(C)(C)C2. The fourth-order valence-electron chi connectivity index (χ4n) is 10.2. The van der Waals surface area contributed by atoms with E-state index in [0.29, 0.717) is 37.0 Å². The molecular weight excluding hydrogens is 656 g/mol. The summed E-state index contributed by atoms with van der Waals surface area (Å²) >= 11 is 0. The third kappa shape index (κ3) is 6.94. The third-order valence-corrected chi connectivity index (χ3v) is 11.9. The van der Waals surface area contributed by atoms with Crippen LogP contribution >= 0.6 is 0 Å². The summed E-state index contributed by atoms with van der Waals surface area (Å²) in [5.74, 6) is 0.367. The molecule has 0 saturated heterocycles. The molecule has 6 aliphatic rings. The number of nitrogens with zero attached hydrogens (tertiary/aromatic N) is 2. The Balaban J connectivity index is 0.000000187. The van der Waals surface area contributed by atoms with Crippen LogP contribution in [-0.4, -0.2) is 36.1 Å². The molecule has 0 amide bonds. The van der Waals surface area contributed by atoms with Crippen LogP contribution in [-0.2, 0) is 20.4 Å². The Kier molecular flexibility index (Phi) is 12.0. The maximum atomic E-state index is 14.9. The van der Waals surface area contributed by atoms with Crippen molar-refractivity contribution in [2.75, 3.05) is 13.1 Å². The molecule has 4 aliphatic carbocycles. The van der Waals surface area contributed by atoms with Crippen LogP contribution in [0.2, 0.25) is 0 Å². The number of aliphatic imine (C=N–C) groups is 2. The van der Waals surface area contributed by atoms with Gasteiger partial charge < -0.3 is 0 Å². The molecule has 2 heterocycles. The summed E-state index contributed by atoms with van der Waals surface area (Å²) in [7, 11) is 0. The minimum atomic E-state index is -0.679. The minimum Gasteiger partial charge on any atom is -0.294 e. The molecule has 2 atom stereocenters. The van der Waals surface area contributed by atoms with Crippen molar-refractivity contribution in [2.45, 2.75) is 131 Å². The molecule has 0 bridgehead atoms. The van der Waals surface area contributed by atoms with E-state index in [4.69, 9.17) is 4.99 Å². The van der Waals surface area contributed by atoms with Gasteiger partial charge in [0.25, 0.3) is 0 Å². The molecule has 0 unspecified atom stereocenters. The predicted octanol–water partition coefficient (Wildman–Crippen LogP) is 12.0. The van der Waals surface area contributed by atoms with Crippen molar-refractivity contribution < 1.29 is 14.0 Å². The van der Waals surface area contributed by atoms with Crippen LogP contribution in [0.5, 0.6) is 0 Å². The molecule has 53 heavy (non-hydrogen) atoms. The minimum absolute atomic E-state index is 0.0367. The molecule has 0 spiro atoms. The lowest BCUT2D eigenvalue weighted by molar-refractivity contribution is -0.119. The Labute approximate surface area is 318 Å². The number of allylic oxidation sites excluding steroid dienone is 6. The van der Waals surface area contributed by atoms with Crippen LogP contribution < -0.4 is 0 Å². The molecule has 282 valence electrons. The van der Waals surface area contributed by atoms with Gasteiger partial charge in [0.2, 0.25) is 0 Å². The van der Waals surface area contributed by atoms with E-state index in [-0.39, 0.29) is 34.4 Å². The molecular formula is C48H61FN2O2. The molecule has 2 aliphatic heterocycles. The molecule has 0 fully saturated rings. The zero-order valence-electron chi connectivity index (χ0n) is 34.0. The van der Waals surface area contributed by atoms with Crippen LogP contribution in [0.3, 0.4) is 0 Å². The first-order chi connectivity index (χ1) is 25.4. The van der Waals surface area contributed by atoms with Gasteiger partial charge in [0.05, 0.1) is 18.5 Å². The van der Waals surface area contributed by atoms with E-state index in [1.54, 1.807) is 0 Å². The van der Waals surface area contributed by atoms with Crippen molar-refractivity contribution in [3.05, 3.63) is 117 Å². The van der Waals surface area contributed by atoms with Gasteiger partial charge in [-0.15, -0.1) is 0 Å². The molecule has 0 N–H and O–H groups in total. The zero-order chi connectivity index (χ0) is 38.8. The predicted molar refractivity (Wildman–Crippen MR) is 220 cm³/mol. The Morgan fingerprint density at radius 3 is 1.55 bits per heavy atom. The number of Topliss-reactive ketones (excluding diaryl/α,β-unsaturated/α-hetero) is 2. The summed E-state index contributed by atoms with van der Waals surface area (Å²) in [6, 6.07) is 20.6. The van der Waals surface area contributed by atoms with E-state index in [0.717, 1.165) is 54.6 Å². The summed E-state index contributed by atoms with van der Waals surface area (Å²) in [6.07, 6.45) is 8.40. The van der Waals surface area contributed by atoms with E-state index in [1.807, 2.05) is 58.0 Å². The van der Waals surface area contributed by atoms with Crippen LogP contribution in [0, 0.1) is 10.8 Å². The van der Waals surface area contributed by atoms with Crippen LogP contribution in [0.4, 0.5) is 4.39 Å². The Hall–Kier alpha value is -3.99.